The Hall–Kier alpha value is -0.880. The summed E-state index contributed by atoms with van der Waals surface area (Å²) >= 11 is 3.32. The van der Waals surface area contributed by atoms with Crippen molar-refractivity contribution in [2.45, 2.75) is 25.8 Å². The molecule has 0 aromatic heterocycles. The Kier molecular flexibility index (Phi) is 6.51. The molecule has 0 saturated carbocycles. The van der Waals surface area contributed by atoms with Crippen molar-refractivity contribution in [3.8, 4) is 11.5 Å². The van der Waals surface area contributed by atoms with Crippen molar-refractivity contribution in [3.05, 3.63) is 22.2 Å². The molecular formula is C13H18BrF2NO2. The first-order valence-corrected chi connectivity index (χ1v) is 6.78. The molecule has 6 heteroatoms. The molecule has 108 valence electrons. The first-order valence-electron chi connectivity index (χ1n) is 5.98. The topological polar surface area (TPSA) is 30.5 Å². The summed E-state index contributed by atoms with van der Waals surface area (Å²) < 4.78 is 37.2. The lowest BCUT2D eigenvalue weighted by molar-refractivity contribution is 0.0970. The van der Waals surface area contributed by atoms with E-state index in [1.807, 2.05) is 6.92 Å². The number of rotatable bonds is 7. The van der Waals surface area contributed by atoms with E-state index in [-0.39, 0.29) is 0 Å². The molecule has 19 heavy (non-hydrogen) atoms. The maximum Gasteiger partial charge on any atom is 0.257 e. The molecule has 1 atom stereocenters. The van der Waals surface area contributed by atoms with Crippen molar-refractivity contribution in [2.24, 2.45) is 0 Å². The summed E-state index contributed by atoms with van der Waals surface area (Å²) in [5.74, 6) is 0.914. The van der Waals surface area contributed by atoms with E-state index in [2.05, 4.69) is 21.2 Å². The summed E-state index contributed by atoms with van der Waals surface area (Å²) in [6, 6.07) is 2.18. The van der Waals surface area contributed by atoms with Gasteiger partial charge in [-0.3, -0.25) is 0 Å². The van der Waals surface area contributed by atoms with E-state index < -0.39 is 12.5 Å². The molecule has 0 aliphatic carbocycles. The number of benzene rings is 1. The van der Waals surface area contributed by atoms with Gasteiger partial charge in [-0.1, -0.05) is 6.92 Å². The van der Waals surface area contributed by atoms with Gasteiger partial charge in [0.05, 0.1) is 20.3 Å². The van der Waals surface area contributed by atoms with Crippen LogP contribution in [-0.2, 0) is 0 Å². The first-order chi connectivity index (χ1) is 9.06. The van der Waals surface area contributed by atoms with E-state index in [0.29, 0.717) is 28.1 Å². The van der Waals surface area contributed by atoms with Crippen molar-refractivity contribution in [1.29, 1.82) is 0 Å². The molecule has 1 rings (SSSR count). The Morgan fingerprint density at radius 1 is 1.26 bits per heavy atom. The Balaban J connectivity index is 3.18. The van der Waals surface area contributed by atoms with Crippen LogP contribution < -0.4 is 14.8 Å². The fourth-order valence-corrected chi connectivity index (χ4v) is 2.48. The Labute approximate surface area is 120 Å². The van der Waals surface area contributed by atoms with Gasteiger partial charge in [-0.15, -0.1) is 0 Å². The molecule has 0 heterocycles. The number of ether oxygens (including phenoxy) is 2. The fourth-order valence-electron chi connectivity index (χ4n) is 1.80. The molecule has 0 bridgehead atoms. The van der Waals surface area contributed by atoms with E-state index in [0.717, 1.165) is 6.42 Å². The predicted octanol–water partition coefficient (Wildman–Crippen LogP) is 3.77. The normalized spacial score (nSPS) is 12.6. The summed E-state index contributed by atoms with van der Waals surface area (Å²) in [4.78, 5) is 0. The summed E-state index contributed by atoms with van der Waals surface area (Å²) in [5.41, 5.74) is 0.415. The molecule has 0 fully saturated rings. The Morgan fingerprint density at radius 2 is 1.95 bits per heavy atom. The van der Waals surface area contributed by atoms with Gasteiger partial charge in [-0.05, 0) is 41.0 Å². The monoisotopic (exact) mass is 337 g/mol. The molecule has 1 aromatic rings. The summed E-state index contributed by atoms with van der Waals surface area (Å²) in [6.07, 6.45) is -1.73. The zero-order valence-electron chi connectivity index (χ0n) is 11.2. The molecule has 0 amide bonds. The van der Waals surface area contributed by atoms with Crippen LogP contribution in [0.1, 0.15) is 24.9 Å². The molecule has 3 nitrogen and oxygen atoms in total. The lowest BCUT2D eigenvalue weighted by Crippen LogP contribution is -2.28. The first kappa shape index (κ1) is 16.2. The maximum absolute atomic E-state index is 13.2. The number of nitrogens with one attached hydrogen (secondary N) is 1. The lowest BCUT2D eigenvalue weighted by Gasteiger charge is -2.22. The second-order valence-corrected chi connectivity index (χ2v) is 4.76. The molecular weight excluding hydrogens is 320 g/mol. The molecule has 1 aromatic carbocycles. The third-order valence-electron chi connectivity index (χ3n) is 2.72. The van der Waals surface area contributed by atoms with Gasteiger partial charge in [0.1, 0.15) is 16.0 Å². The van der Waals surface area contributed by atoms with Crippen molar-refractivity contribution >= 4 is 15.9 Å². The smallest absolute Gasteiger partial charge is 0.257 e. The summed E-state index contributed by atoms with van der Waals surface area (Å²) in [5, 5.41) is 2.83. The van der Waals surface area contributed by atoms with Crippen LogP contribution >= 0.6 is 15.9 Å². The van der Waals surface area contributed by atoms with Gasteiger partial charge in [-0.2, -0.15) is 0 Å². The standard InChI is InChI=1S/C13H18BrF2NO2/c1-4-7-17-11(13(15)16)8-5-6-9(18-2)10(14)12(8)19-3/h5-6,11,13,17H,4,7H2,1-3H3. The highest BCUT2D eigenvalue weighted by Gasteiger charge is 2.27. The number of alkyl halides is 2. The third kappa shape index (κ3) is 3.79. The molecule has 0 spiro atoms. The zero-order chi connectivity index (χ0) is 14.4. The van der Waals surface area contributed by atoms with Crippen LogP contribution in [0.4, 0.5) is 8.78 Å². The average molecular weight is 338 g/mol. The average Bonchev–Trinajstić information content (AvgIpc) is 2.39. The van der Waals surface area contributed by atoms with Crippen LogP contribution in [-0.4, -0.2) is 27.2 Å². The molecule has 1 unspecified atom stereocenters. The number of methoxy groups -OCH3 is 2. The van der Waals surface area contributed by atoms with Gasteiger partial charge in [0.15, 0.2) is 0 Å². The van der Waals surface area contributed by atoms with E-state index in [4.69, 9.17) is 9.47 Å². The molecule has 0 saturated heterocycles. The minimum absolute atomic E-state index is 0.369. The highest BCUT2D eigenvalue weighted by molar-refractivity contribution is 9.10. The van der Waals surface area contributed by atoms with Crippen LogP contribution in [0.25, 0.3) is 0 Å². The highest BCUT2D eigenvalue weighted by Crippen LogP contribution is 2.40. The maximum atomic E-state index is 13.2. The largest absolute Gasteiger partial charge is 0.495 e. The van der Waals surface area contributed by atoms with Gasteiger partial charge >= 0.3 is 0 Å². The van der Waals surface area contributed by atoms with Gasteiger partial charge < -0.3 is 14.8 Å². The fraction of sp³-hybridized carbons (Fsp3) is 0.538. The Morgan fingerprint density at radius 3 is 2.42 bits per heavy atom. The minimum atomic E-state index is -2.51. The van der Waals surface area contributed by atoms with Crippen LogP contribution in [0, 0.1) is 0 Å². The van der Waals surface area contributed by atoms with E-state index in [1.165, 1.54) is 14.2 Å². The minimum Gasteiger partial charge on any atom is -0.495 e. The molecule has 0 aliphatic rings. The lowest BCUT2D eigenvalue weighted by atomic mass is 10.1. The van der Waals surface area contributed by atoms with Crippen LogP contribution in [0.15, 0.2) is 16.6 Å². The zero-order valence-corrected chi connectivity index (χ0v) is 12.8. The van der Waals surface area contributed by atoms with Crippen molar-refractivity contribution < 1.29 is 18.3 Å². The number of halogens is 3. The van der Waals surface area contributed by atoms with Crippen LogP contribution in [0.2, 0.25) is 0 Å². The molecule has 0 aliphatic heterocycles. The van der Waals surface area contributed by atoms with Gasteiger partial charge in [0.25, 0.3) is 6.43 Å². The molecule has 1 N–H and O–H groups in total. The van der Waals surface area contributed by atoms with Crippen molar-refractivity contribution in [1.82, 2.24) is 5.32 Å². The summed E-state index contributed by atoms with van der Waals surface area (Å²) in [7, 11) is 2.96. The van der Waals surface area contributed by atoms with E-state index in [1.54, 1.807) is 12.1 Å². The summed E-state index contributed by atoms with van der Waals surface area (Å²) in [6.45, 7) is 2.44. The predicted molar refractivity (Wildman–Crippen MR) is 74.3 cm³/mol. The van der Waals surface area contributed by atoms with Gasteiger partial charge in [-0.25, -0.2) is 8.78 Å². The van der Waals surface area contributed by atoms with Gasteiger partial charge in [0, 0.05) is 5.56 Å². The number of hydrogen-bond acceptors (Lipinski definition) is 3. The number of hydrogen-bond donors (Lipinski definition) is 1. The quantitative estimate of drug-likeness (QED) is 0.821. The highest BCUT2D eigenvalue weighted by atomic mass is 79.9. The Bertz CT molecular complexity index is 416. The second-order valence-electron chi connectivity index (χ2n) is 3.97. The third-order valence-corrected chi connectivity index (χ3v) is 3.47. The van der Waals surface area contributed by atoms with Crippen LogP contribution in [0.3, 0.4) is 0 Å². The van der Waals surface area contributed by atoms with Gasteiger partial charge in [0.2, 0.25) is 0 Å². The second kappa shape index (κ2) is 7.65. The van der Waals surface area contributed by atoms with Crippen molar-refractivity contribution in [3.63, 3.8) is 0 Å². The van der Waals surface area contributed by atoms with E-state index >= 15 is 0 Å². The van der Waals surface area contributed by atoms with Crippen molar-refractivity contribution in [2.75, 3.05) is 20.8 Å². The van der Waals surface area contributed by atoms with Crippen LogP contribution in [0.5, 0.6) is 11.5 Å². The van der Waals surface area contributed by atoms with E-state index in [9.17, 15) is 8.78 Å². The SMILES string of the molecule is CCCNC(c1ccc(OC)c(Br)c1OC)C(F)F. The molecule has 0 radical (unpaired) electrons.